The monoisotopic (exact) mass is 194 g/mol. The van der Waals surface area contributed by atoms with Crippen molar-refractivity contribution in [2.45, 2.75) is 25.5 Å². The Labute approximate surface area is 83.6 Å². The summed E-state index contributed by atoms with van der Waals surface area (Å²) in [5, 5.41) is 0. The van der Waals surface area contributed by atoms with Crippen LogP contribution in [0.3, 0.4) is 0 Å². The lowest BCUT2D eigenvalue weighted by molar-refractivity contribution is 0.804. The van der Waals surface area contributed by atoms with Gasteiger partial charge in [0.25, 0.3) is 0 Å². The first-order valence-corrected chi connectivity index (χ1v) is 4.97. The first-order chi connectivity index (χ1) is 6.08. The third kappa shape index (κ3) is 4.68. The molecule has 0 unspecified atom stereocenters. The van der Waals surface area contributed by atoms with Crippen molar-refractivity contribution in [2.24, 2.45) is 4.40 Å². The lowest BCUT2D eigenvalue weighted by atomic mass is 10.3. The van der Waals surface area contributed by atoms with Gasteiger partial charge in [0, 0.05) is 23.4 Å². The largest absolute Gasteiger partial charge is 0.265 e. The molecule has 1 aromatic rings. The van der Waals surface area contributed by atoms with Gasteiger partial charge in [0.1, 0.15) is 0 Å². The maximum Gasteiger partial charge on any atom is 0.0425 e. The van der Waals surface area contributed by atoms with Crippen molar-refractivity contribution in [1.82, 2.24) is 4.98 Å². The normalized spacial score (nSPS) is 12.2. The van der Waals surface area contributed by atoms with Crippen molar-refractivity contribution in [3.05, 3.63) is 30.1 Å². The van der Waals surface area contributed by atoms with E-state index >= 15 is 0 Å². The van der Waals surface area contributed by atoms with E-state index in [0.29, 0.717) is 0 Å². The molecule has 0 spiro atoms. The molecule has 0 aromatic carbocycles. The first kappa shape index (κ1) is 10.3. The summed E-state index contributed by atoms with van der Waals surface area (Å²) in [5.41, 5.74) is 1.09. The minimum Gasteiger partial charge on any atom is -0.265 e. The van der Waals surface area contributed by atoms with E-state index in [2.05, 4.69) is 30.2 Å². The first-order valence-electron chi connectivity index (χ1n) is 4.19. The lowest BCUT2D eigenvalue weighted by Gasteiger charge is -2.11. The van der Waals surface area contributed by atoms with Crippen molar-refractivity contribution in [2.75, 3.05) is 0 Å². The molecule has 0 aliphatic carbocycles. The van der Waals surface area contributed by atoms with Gasteiger partial charge in [-0.25, -0.2) is 4.40 Å². The Morgan fingerprint density at radius 3 is 2.46 bits per heavy atom. The van der Waals surface area contributed by atoms with Crippen LogP contribution in [-0.2, 0) is 0 Å². The highest BCUT2D eigenvalue weighted by atomic mass is 32.2. The predicted octanol–water partition coefficient (Wildman–Crippen LogP) is 2.95. The average molecular weight is 194 g/mol. The van der Waals surface area contributed by atoms with Gasteiger partial charge >= 0.3 is 0 Å². The minimum atomic E-state index is 0.184. The fourth-order valence-electron chi connectivity index (χ4n) is 0.695. The molecule has 0 atom stereocenters. The summed E-state index contributed by atoms with van der Waals surface area (Å²) in [5.74, 6) is 0. The van der Waals surface area contributed by atoms with Gasteiger partial charge in [0.15, 0.2) is 0 Å². The van der Waals surface area contributed by atoms with Gasteiger partial charge < -0.3 is 0 Å². The Balaban J connectivity index is 2.51. The molecule has 1 aromatic heterocycles. The summed E-state index contributed by atoms with van der Waals surface area (Å²) in [4.78, 5) is 3.93. The zero-order chi connectivity index (χ0) is 9.73. The Bertz CT molecular complexity index is 275. The lowest BCUT2D eigenvalue weighted by Crippen LogP contribution is -2.04. The summed E-state index contributed by atoms with van der Waals surface area (Å²) >= 11 is 1.58. The second kappa shape index (κ2) is 4.42. The number of pyridine rings is 1. The summed E-state index contributed by atoms with van der Waals surface area (Å²) in [6, 6.07) is 3.87. The zero-order valence-corrected chi connectivity index (χ0v) is 9.01. The van der Waals surface area contributed by atoms with Crippen molar-refractivity contribution in [1.29, 1.82) is 0 Å². The molecular weight excluding hydrogens is 180 g/mol. The van der Waals surface area contributed by atoms with Gasteiger partial charge in [-0.15, -0.1) is 0 Å². The van der Waals surface area contributed by atoms with Gasteiger partial charge in [-0.1, -0.05) is 0 Å². The van der Waals surface area contributed by atoms with Crippen molar-refractivity contribution < 1.29 is 0 Å². The number of rotatable bonds is 2. The van der Waals surface area contributed by atoms with E-state index in [1.807, 2.05) is 18.3 Å². The van der Waals surface area contributed by atoms with Gasteiger partial charge in [-0.3, -0.25) is 4.98 Å². The molecule has 1 heterocycles. The number of aromatic nitrogens is 1. The van der Waals surface area contributed by atoms with E-state index in [1.165, 1.54) is 0 Å². The van der Waals surface area contributed by atoms with Crippen LogP contribution in [-0.4, -0.2) is 15.9 Å². The van der Waals surface area contributed by atoms with Gasteiger partial charge in [0.2, 0.25) is 0 Å². The van der Waals surface area contributed by atoms with E-state index in [0.717, 1.165) is 5.56 Å². The van der Waals surface area contributed by atoms with Crippen molar-refractivity contribution >= 4 is 18.2 Å². The van der Waals surface area contributed by atoms with Crippen LogP contribution in [0.1, 0.15) is 26.3 Å². The van der Waals surface area contributed by atoms with E-state index in [1.54, 1.807) is 24.3 Å². The molecule has 1 rings (SSSR count). The van der Waals surface area contributed by atoms with Gasteiger partial charge in [0.05, 0.1) is 0 Å². The summed E-state index contributed by atoms with van der Waals surface area (Å²) in [7, 11) is 0. The Morgan fingerprint density at radius 2 is 1.92 bits per heavy atom. The number of hydrogen-bond acceptors (Lipinski definition) is 3. The zero-order valence-electron chi connectivity index (χ0n) is 8.19. The van der Waals surface area contributed by atoms with Gasteiger partial charge in [-0.05, 0) is 50.4 Å². The molecule has 2 nitrogen and oxygen atoms in total. The summed E-state index contributed by atoms with van der Waals surface area (Å²) in [6.07, 6.45) is 5.39. The smallest absolute Gasteiger partial charge is 0.0425 e. The molecule has 70 valence electrons. The maximum atomic E-state index is 4.28. The average Bonchev–Trinajstić information content (AvgIpc) is 2.04. The van der Waals surface area contributed by atoms with Crippen LogP contribution < -0.4 is 0 Å². The fraction of sp³-hybridized carbons (Fsp3) is 0.400. The van der Waals surface area contributed by atoms with Crippen LogP contribution in [0.15, 0.2) is 28.9 Å². The van der Waals surface area contributed by atoms with Crippen LogP contribution >= 0.6 is 11.9 Å². The quantitative estimate of drug-likeness (QED) is 0.534. The molecule has 13 heavy (non-hydrogen) atoms. The molecule has 0 N–H and O–H groups in total. The predicted molar refractivity (Wildman–Crippen MR) is 59.2 cm³/mol. The summed E-state index contributed by atoms with van der Waals surface area (Å²) in [6.45, 7) is 6.42. The Kier molecular flexibility index (Phi) is 3.48. The number of nitrogens with zero attached hydrogens (tertiary/aromatic N) is 2. The van der Waals surface area contributed by atoms with Gasteiger partial charge in [-0.2, -0.15) is 0 Å². The van der Waals surface area contributed by atoms with E-state index in [-0.39, 0.29) is 4.75 Å². The SMILES string of the molecule is CC(C)(C)SN=Cc1ccncc1. The molecule has 0 saturated heterocycles. The van der Waals surface area contributed by atoms with E-state index < -0.39 is 0 Å². The third-order valence-corrected chi connectivity index (χ3v) is 1.99. The van der Waals surface area contributed by atoms with Crippen molar-refractivity contribution in [3.63, 3.8) is 0 Å². The second-order valence-electron chi connectivity index (χ2n) is 3.72. The topological polar surface area (TPSA) is 25.2 Å². The van der Waals surface area contributed by atoms with E-state index in [4.69, 9.17) is 0 Å². The van der Waals surface area contributed by atoms with Crippen molar-refractivity contribution in [3.8, 4) is 0 Å². The standard InChI is InChI=1S/C10H14N2S/c1-10(2,3)13-12-8-9-4-6-11-7-5-9/h4-8H,1-3H3. The van der Waals surface area contributed by atoms with Crippen LogP contribution in [0.4, 0.5) is 0 Å². The molecule has 0 fully saturated rings. The molecule has 0 bridgehead atoms. The third-order valence-electron chi connectivity index (χ3n) is 1.23. The van der Waals surface area contributed by atoms with Crippen LogP contribution in [0.5, 0.6) is 0 Å². The second-order valence-corrected chi connectivity index (χ2v) is 5.34. The minimum absolute atomic E-state index is 0.184. The molecule has 0 aliphatic heterocycles. The highest BCUT2D eigenvalue weighted by molar-refractivity contribution is 7.99. The number of hydrogen-bond donors (Lipinski definition) is 0. The van der Waals surface area contributed by atoms with Crippen LogP contribution in [0.2, 0.25) is 0 Å². The van der Waals surface area contributed by atoms with E-state index in [9.17, 15) is 0 Å². The Morgan fingerprint density at radius 1 is 1.31 bits per heavy atom. The van der Waals surface area contributed by atoms with Crippen LogP contribution in [0.25, 0.3) is 0 Å². The Hall–Kier alpha value is -0.830. The highest BCUT2D eigenvalue weighted by Gasteiger charge is 2.08. The molecule has 0 saturated carbocycles. The molecule has 3 heteroatoms. The highest BCUT2D eigenvalue weighted by Crippen LogP contribution is 2.23. The maximum absolute atomic E-state index is 4.28. The molecular formula is C10H14N2S. The molecule has 0 aliphatic rings. The fourth-order valence-corrected chi connectivity index (χ4v) is 1.19. The molecule has 0 amide bonds. The molecule has 0 radical (unpaired) electrons. The summed E-state index contributed by atoms with van der Waals surface area (Å²) < 4.78 is 4.46. The van der Waals surface area contributed by atoms with Crippen LogP contribution in [0, 0.1) is 0 Å².